The molecule has 0 aliphatic heterocycles. The second-order valence-corrected chi connectivity index (χ2v) is 3.89. The average molecular weight is 252 g/mol. The van der Waals surface area contributed by atoms with Gasteiger partial charge in [-0.05, 0) is 30.5 Å². The smallest absolute Gasteiger partial charge is 0.310 e. The first-order valence-corrected chi connectivity index (χ1v) is 5.90. The number of hydrogen-bond donors (Lipinski definition) is 0. The van der Waals surface area contributed by atoms with Crippen LogP contribution in [-0.4, -0.2) is 12.6 Å². The Morgan fingerprint density at radius 3 is 2.76 bits per heavy atom. The van der Waals surface area contributed by atoms with Gasteiger partial charge in [-0.25, -0.2) is 0 Å². The summed E-state index contributed by atoms with van der Waals surface area (Å²) in [6.45, 7) is 3.93. The van der Waals surface area contributed by atoms with E-state index in [4.69, 9.17) is 21.6 Å². The van der Waals surface area contributed by atoms with Crippen molar-refractivity contribution < 1.29 is 9.53 Å². The minimum Gasteiger partial charge on any atom is -0.466 e. The van der Waals surface area contributed by atoms with E-state index >= 15 is 0 Å². The predicted molar refractivity (Wildman–Crippen MR) is 65.8 cm³/mol. The summed E-state index contributed by atoms with van der Waals surface area (Å²) < 4.78 is 4.89. The molecule has 90 valence electrons. The number of carbonyl (C=O) groups excluding carboxylic acids is 1. The highest BCUT2D eigenvalue weighted by molar-refractivity contribution is 6.17. The zero-order chi connectivity index (χ0) is 12.8. The van der Waals surface area contributed by atoms with Crippen molar-refractivity contribution in [1.29, 1.82) is 5.26 Å². The monoisotopic (exact) mass is 251 g/mol. The molecule has 0 saturated heterocycles. The van der Waals surface area contributed by atoms with Crippen LogP contribution in [0.1, 0.15) is 29.2 Å². The van der Waals surface area contributed by atoms with Crippen molar-refractivity contribution in [3.8, 4) is 6.07 Å². The van der Waals surface area contributed by atoms with Gasteiger partial charge < -0.3 is 4.74 Å². The van der Waals surface area contributed by atoms with Crippen LogP contribution in [0.25, 0.3) is 0 Å². The van der Waals surface area contributed by atoms with E-state index in [9.17, 15) is 4.79 Å². The summed E-state index contributed by atoms with van der Waals surface area (Å²) in [5.74, 6) is -0.0510. The van der Waals surface area contributed by atoms with Crippen LogP contribution in [0, 0.1) is 18.3 Å². The Kier molecular flexibility index (Phi) is 4.99. The Morgan fingerprint density at radius 2 is 2.24 bits per heavy atom. The summed E-state index contributed by atoms with van der Waals surface area (Å²) >= 11 is 5.81. The molecule has 0 aliphatic rings. The number of halogens is 1. The van der Waals surface area contributed by atoms with Gasteiger partial charge in [-0.1, -0.05) is 12.1 Å². The maximum absolute atomic E-state index is 11.5. The van der Waals surface area contributed by atoms with Gasteiger partial charge in [0.1, 0.15) is 0 Å². The Bertz CT molecular complexity index is 463. The minimum absolute atomic E-state index is 0.0977. The first-order chi connectivity index (χ1) is 8.13. The third-order valence-corrected chi connectivity index (χ3v) is 2.79. The van der Waals surface area contributed by atoms with Crippen LogP contribution in [0.2, 0.25) is 0 Å². The largest absolute Gasteiger partial charge is 0.466 e. The van der Waals surface area contributed by atoms with E-state index in [0.717, 1.165) is 11.1 Å². The van der Waals surface area contributed by atoms with Gasteiger partial charge in [0.15, 0.2) is 0 Å². The van der Waals surface area contributed by atoms with Gasteiger partial charge in [0.05, 0.1) is 24.7 Å². The van der Waals surface area contributed by atoms with Crippen LogP contribution < -0.4 is 0 Å². The Hall–Kier alpha value is -1.53. The molecule has 0 N–H and O–H groups in total. The molecule has 0 aromatic heterocycles. The molecule has 0 spiro atoms. The number of carbonyl (C=O) groups is 1. The van der Waals surface area contributed by atoms with Crippen molar-refractivity contribution in [2.45, 2.75) is 26.1 Å². The third-order valence-electron chi connectivity index (χ3n) is 2.50. The average Bonchev–Trinajstić information content (AvgIpc) is 2.30. The van der Waals surface area contributed by atoms with Gasteiger partial charge in [-0.15, -0.1) is 11.6 Å². The highest BCUT2D eigenvalue weighted by Gasteiger charge is 2.14. The zero-order valence-electron chi connectivity index (χ0n) is 9.92. The van der Waals surface area contributed by atoms with Crippen molar-refractivity contribution in [3.63, 3.8) is 0 Å². The van der Waals surface area contributed by atoms with Crippen LogP contribution in [0.15, 0.2) is 12.1 Å². The fourth-order valence-corrected chi connectivity index (χ4v) is 1.90. The summed E-state index contributed by atoms with van der Waals surface area (Å²) in [6, 6.07) is 5.80. The highest BCUT2D eigenvalue weighted by atomic mass is 35.5. The van der Waals surface area contributed by atoms with Crippen LogP contribution in [0.3, 0.4) is 0 Å². The lowest BCUT2D eigenvalue weighted by Crippen LogP contribution is -2.11. The first kappa shape index (κ1) is 13.5. The molecule has 0 heterocycles. The molecule has 1 aromatic carbocycles. The van der Waals surface area contributed by atoms with Crippen LogP contribution in [0.5, 0.6) is 0 Å². The fourth-order valence-electron chi connectivity index (χ4n) is 1.65. The second kappa shape index (κ2) is 6.27. The Labute approximate surface area is 106 Å². The van der Waals surface area contributed by atoms with Gasteiger partial charge in [0, 0.05) is 5.88 Å². The molecule has 0 bridgehead atoms. The second-order valence-electron chi connectivity index (χ2n) is 3.62. The minimum atomic E-state index is -0.332. The number of hydrogen-bond acceptors (Lipinski definition) is 3. The van der Waals surface area contributed by atoms with E-state index in [2.05, 4.69) is 6.07 Å². The van der Waals surface area contributed by atoms with E-state index in [1.807, 2.05) is 19.1 Å². The molecule has 0 saturated carbocycles. The maximum Gasteiger partial charge on any atom is 0.310 e. The molecule has 0 aliphatic carbocycles. The first-order valence-electron chi connectivity index (χ1n) is 5.37. The van der Waals surface area contributed by atoms with Crippen LogP contribution in [0.4, 0.5) is 0 Å². The standard InChI is InChI=1S/C13H14ClNO2/c1-3-17-13(16)6-11-10(7-14)5-4-9(2)12(11)8-15/h4-5H,3,6-7H2,1-2H3. The fraction of sp³-hybridized carbons (Fsp3) is 0.385. The molecule has 1 aromatic rings. The molecular formula is C13H14ClNO2. The van der Waals surface area contributed by atoms with E-state index in [0.29, 0.717) is 17.7 Å². The Balaban J connectivity index is 3.15. The lowest BCUT2D eigenvalue weighted by Gasteiger charge is -2.11. The van der Waals surface area contributed by atoms with Crippen molar-refractivity contribution in [3.05, 3.63) is 34.4 Å². The SMILES string of the molecule is CCOC(=O)Cc1c(CCl)ccc(C)c1C#N. The van der Waals surface area contributed by atoms with E-state index in [1.165, 1.54) is 0 Å². The molecule has 4 heteroatoms. The van der Waals surface area contributed by atoms with Crippen molar-refractivity contribution in [1.82, 2.24) is 0 Å². The van der Waals surface area contributed by atoms with Crippen molar-refractivity contribution >= 4 is 17.6 Å². The van der Waals surface area contributed by atoms with E-state index < -0.39 is 0 Å². The number of esters is 1. The lowest BCUT2D eigenvalue weighted by molar-refractivity contribution is -0.142. The van der Waals surface area contributed by atoms with E-state index in [-0.39, 0.29) is 18.3 Å². The molecule has 17 heavy (non-hydrogen) atoms. The molecule has 0 amide bonds. The molecule has 0 atom stereocenters. The predicted octanol–water partition coefficient (Wildman–Crippen LogP) is 2.71. The summed E-state index contributed by atoms with van der Waals surface area (Å²) in [6.07, 6.45) is 0.0977. The van der Waals surface area contributed by atoms with Gasteiger partial charge in [-0.3, -0.25) is 4.79 Å². The summed E-state index contributed by atoms with van der Waals surface area (Å²) in [5, 5.41) is 9.12. The summed E-state index contributed by atoms with van der Waals surface area (Å²) in [4.78, 5) is 11.5. The third kappa shape index (κ3) is 3.21. The number of rotatable bonds is 4. The van der Waals surface area contributed by atoms with Gasteiger partial charge in [0.2, 0.25) is 0 Å². The van der Waals surface area contributed by atoms with E-state index in [1.54, 1.807) is 6.92 Å². The Morgan fingerprint density at radius 1 is 1.53 bits per heavy atom. The molecule has 1 rings (SSSR count). The number of benzene rings is 1. The number of nitrogens with zero attached hydrogens (tertiary/aromatic N) is 1. The molecular weight excluding hydrogens is 238 g/mol. The summed E-state index contributed by atoms with van der Waals surface area (Å²) in [5.41, 5.74) is 2.86. The van der Waals surface area contributed by atoms with Crippen LogP contribution in [-0.2, 0) is 21.8 Å². The quantitative estimate of drug-likeness (QED) is 0.611. The van der Waals surface area contributed by atoms with Gasteiger partial charge >= 0.3 is 5.97 Å². The van der Waals surface area contributed by atoms with Crippen molar-refractivity contribution in [2.75, 3.05) is 6.61 Å². The van der Waals surface area contributed by atoms with Gasteiger partial charge in [0.25, 0.3) is 0 Å². The zero-order valence-corrected chi connectivity index (χ0v) is 10.7. The van der Waals surface area contributed by atoms with Crippen LogP contribution >= 0.6 is 11.6 Å². The molecule has 0 radical (unpaired) electrons. The topological polar surface area (TPSA) is 50.1 Å². The number of alkyl halides is 1. The molecule has 0 unspecified atom stereocenters. The number of ether oxygens (including phenoxy) is 1. The van der Waals surface area contributed by atoms with Crippen molar-refractivity contribution in [2.24, 2.45) is 0 Å². The number of aryl methyl sites for hydroxylation is 1. The molecule has 3 nitrogen and oxygen atoms in total. The van der Waals surface area contributed by atoms with Gasteiger partial charge in [-0.2, -0.15) is 5.26 Å². The normalized spacial score (nSPS) is 9.76. The number of nitriles is 1. The lowest BCUT2D eigenvalue weighted by atomic mass is 9.96. The maximum atomic E-state index is 11.5. The molecule has 0 fully saturated rings. The summed E-state index contributed by atoms with van der Waals surface area (Å²) in [7, 11) is 0. The highest BCUT2D eigenvalue weighted by Crippen LogP contribution is 2.21.